The summed E-state index contributed by atoms with van der Waals surface area (Å²) in [5.74, 6) is 0. The van der Waals surface area contributed by atoms with Gasteiger partial charge in [-0.2, -0.15) is 0 Å². The van der Waals surface area contributed by atoms with E-state index in [1.54, 1.807) is 11.3 Å². The molecule has 0 aliphatic carbocycles. The van der Waals surface area contributed by atoms with Gasteiger partial charge < -0.3 is 10.6 Å². The number of rotatable bonds is 1. The highest BCUT2D eigenvalue weighted by Crippen LogP contribution is 2.23. The molecule has 0 aromatic carbocycles. The van der Waals surface area contributed by atoms with Crippen LogP contribution in [0.15, 0.2) is 41.9 Å². The van der Waals surface area contributed by atoms with Gasteiger partial charge in [-0.1, -0.05) is 6.08 Å². The molecular formula is C9H10N2S. The van der Waals surface area contributed by atoms with Gasteiger partial charge in [-0.05, 0) is 29.7 Å². The third-order valence-electron chi connectivity index (χ3n) is 1.75. The van der Waals surface area contributed by atoms with Crippen LogP contribution in [0.25, 0.3) is 0 Å². The maximum Gasteiger partial charge on any atom is 0.101 e. The third kappa shape index (κ3) is 1.29. The first kappa shape index (κ1) is 7.58. The van der Waals surface area contributed by atoms with E-state index < -0.39 is 0 Å². The van der Waals surface area contributed by atoms with Crippen molar-refractivity contribution in [2.24, 2.45) is 5.73 Å². The predicted molar refractivity (Wildman–Crippen MR) is 53.1 cm³/mol. The SMILES string of the molecule is NC1C=CC=CN1c1cccs1. The van der Waals surface area contributed by atoms with E-state index >= 15 is 0 Å². The van der Waals surface area contributed by atoms with Crippen LogP contribution in [0.2, 0.25) is 0 Å². The van der Waals surface area contributed by atoms with Crippen molar-refractivity contribution in [1.82, 2.24) is 0 Å². The Balaban J connectivity index is 2.25. The van der Waals surface area contributed by atoms with E-state index in [0.717, 1.165) is 0 Å². The molecule has 1 aliphatic heterocycles. The van der Waals surface area contributed by atoms with E-state index in [1.807, 2.05) is 40.8 Å². The van der Waals surface area contributed by atoms with Crippen LogP contribution in [0.4, 0.5) is 5.00 Å². The summed E-state index contributed by atoms with van der Waals surface area (Å²) < 4.78 is 0. The van der Waals surface area contributed by atoms with E-state index in [9.17, 15) is 0 Å². The molecule has 2 N–H and O–H groups in total. The minimum absolute atomic E-state index is 0.0198. The van der Waals surface area contributed by atoms with E-state index in [4.69, 9.17) is 5.73 Å². The number of hydrogen-bond donors (Lipinski definition) is 1. The van der Waals surface area contributed by atoms with Crippen LogP contribution in [-0.2, 0) is 0 Å². The molecular weight excluding hydrogens is 168 g/mol. The van der Waals surface area contributed by atoms with Gasteiger partial charge in [0.25, 0.3) is 0 Å². The van der Waals surface area contributed by atoms with Crippen molar-refractivity contribution >= 4 is 16.3 Å². The van der Waals surface area contributed by atoms with Crippen molar-refractivity contribution in [3.05, 3.63) is 41.9 Å². The minimum atomic E-state index is -0.0198. The molecule has 2 nitrogen and oxygen atoms in total. The van der Waals surface area contributed by atoms with Crippen LogP contribution in [0, 0.1) is 0 Å². The van der Waals surface area contributed by atoms with Crippen molar-refractivity contribution in [3.63, 3.8) is 0 Å². The smallest absolute Gasteiger partial charge is 0.101 e. The molecule has 0 spiro atoms. The van der Waals surface area contributed by atoms with Crippen LogP contribution in [0.1, 0.15) is 0 Å². The third-order valence-corrected chi connectivity index (χ3v) is 2.63. The Morgan fingerprint density at radius 1 is 1.42 bits per heavy atom. The zero-order valence-electron chi connectivity index (χ0n) is 6.55. The van der Waals surface area contributed by atoms with Crippen molar-refractivity contribution < 1.29 is 0 Å². The Labute approximate surface area is 75.6 Å². The summed E-state index contributed by atoms with van der Waals surface area (Å²) in [6, 6.07) is 4.09. The van der Waals surface area contributed by atoms with E-state index in [2.05, 4.69) is 6.07 Å². The largest absolute Gasteiger partial charge is 0.320 e. The van der Waals surface area contributed by atoms with E-state index in [-0.39, 0.29) is 6.17 Å². The van der Waals surface area contributed by atoms with Gasteiger partial charge >= 0.3 is 0 Å². The predicted octanol–water partition coefficient (Wildman–Crippen LogP) is 1.92. The summed E-state index contributed by atoms with van der Waals surface area (Å²) in [4.78, 5) is 2.05. The molecule has 2 rings (SSSR count). The van der Waals surface area contributed by atoms with Gasteiger partial charge in [0.2, 0.25) is 0 Å². The molecule has 0 saturated carbocycles. The molecule has 1 aromatic heterocycles. The summed E-state index contributed by atoms with van der Waals surface area (Å²) in [5.41, 5.74) is 5.86. The van der Waals surface area contributed by atoms with Crippen molar-refractivity contribution in [3.8, 4) is 0 Å². The fourth-order valence-corrected chi connectivity index (χ4v) is 1.91. The second-order valence-electron chi connectivity index (χ2n) is 2.58. The fourth-order valence-electron chi connectivity index (χ4n) is 1.15. The maximum absolute atomic E-state index is 5.86. The van der Waals surface area contributed by atoms with Gasteiger partial charge in [0.1, 0.15) is 6.17 Å². The van der Waals surface area contributed by atoms with Crippen LogP contribution in [-0.4, -0.2) is 6.17 Å². The second kappa shape index (κ2) is 3.13. The van der Waals surface area contributed by atoms with Gasteiger partial charge in [0.05, 0.1) is 5.00 Å². The Hall–Kier alpha value is -1.06. The highest BCUT2D eigenvalue weighted by atomic mass is 32.1. The standard InChI is InChI=1S/C9H10N2S/c10-8-4-1-2-6-11(8)9-5-3-7-12-9/h1-8H,10H2. The van der Waals surface area contributed by atoms with E-state index in [1.165, 1.54) is 5.00 Å². The molecule has 3 heteroatoms. The van der Waals surface area contributed by atoms with Crippen molar-refractivity contribution in [2.75, 3.05) is 4.90 Å². The molecule has 2 heterocycles. The Morgan fingerprint density at radius 3 is 3.00 bits per heavy atom. The Morgan fingerprint density at radius 2 is 2.33 bits per heavy atom. The first-order valence-electron chi connectivity index (χ1n) is 3.80. The summed E-state index contributed by atoms with van der Waals surface area (Å²) in [5, 5.41) is 3.23. The van der Waals surface area contributed by atoms with Crippen LogP contribution >= 0.6 is 11.3 Å². The number of nitrogens with two attached hydrogens (primary N) is 1. The summed E-state index contributed by atoms with van der Waals surface area (Å²) in [7, 11) is 0. The topological polar surface area (TPSA) is 29.3 Å². The Kier molecular flexibility index (Phi) is 1.98. The molecule has 12 heavy (non-hydrogen) atoms. The van der Waals surface area contributed by atoms with Crippen LogP contribution in [0.5, 0.6) is 0 Å². The summed E-state index contributed by atoms with van der Waals surface area (Å²) >= 11 is 1.69. The summed E-state index contributed by atoms with van der Waals surface area (Å²) in [6.45, 7) is 0. The zero-order chi connectivity index (χ0) is 8.39. The first-order chi connectivity index (χ1) is 5.88. The lowest BCUT2D eigenvalue weighted by Gasteiger charge is -2.25. The van der Waals surface area contributed by atoms with Crippen molar-refractivity contribution in [2.45, 2.75) is 6.17 Å². The summed E-state index contributed by atoms with van der Waals surface area (Å²) in [6.07, 6.45) is 7.90. The van der Waals surface area contributed by atoms with Gasteiger partial charge in [0.15, 0.2) is 0 Å². The lowest BCUT2D eigenvalue weighted by atomic mass is 10.3. The van der Waals surface area contributed by atoms with Gasteiger partial charge in [0, 0.05) is 6.20 Å². The maximum atomic E-state index is 5.86. The van der Waals surface area contributed by atoms with Gasteiger partial charge in [-0.15, -0.1) is 11.3 Å². The highest BCUT2D eigenvalue weighted by Gasteiger charge is 2.11. The quantitative estimate of drug-likeness (QED) is 0.712. The number of hydrogen-bond acceptors (Lipinski definition) is 3. The molecule has 1 aliphatic rings. The number of anilines is 1. The molecule has 0 amide bonds. The Bertz CT molecular complexity index is 300. The first-order valence-corrected chi connectivity index (χ1v) is 4.68. The molecule has 0 radical (unpaired) electrons. The highest BCUT2D eigenvalue weighted by molar-refractivity contribution is 7.14. The van der Waals surface area contributed by atoms with E-state index in [0.29, 0.717) is 0 Å². The zero-order valence-corrected chi connectivity index (χ0v) is 7.37. The van der Waals surface area contributed by atoms with Gasteiger partial charge in [-0.3, -0.25) is 0 Å². The van der Waals surface area contributed by atoms with Crippen molar-refractivity contribution in [1.29, 1.82) is 0 Å². The van der Waals surface area contributed by atoms with Gasteiger partial charge in [-0.25, -0.2) is 0 Å². The average Bonchev–Trinajstić information content (AvgIpc) is 2.57. The molecule has 0 bridgehead atoms. The number of thiophene rings is 1. The number of allylic oxidation sites excluding steroid dienone is 2. The average molecular weight is 178 g/mol. The molecule has 0 saturated heterocycles. The molecule has 62 valence electrons. The molecule has 1 unspecified atom stereocenters. The lowest BCUT2D eigenvalue weighted by Crippen LogP contribution is -2.37. The van der Waals surface area contributed by atoms with Crippen LogP contribution in [0.3, 0.4) is 0 Å². The normalized spacial score (nSPS) is 21.8. The molecule has 0 fully saturated rings. The second-order valence-corrected chi connectivity index (χ2v) is 3.50. The molecule has 1 atom stereocenters. The number of nitrogens with zero attached hydrogens (tertiary/aromatic N) is 1. The molecule has 1 aromatic rings. The minimum Gasteiger partial charge on any atom is -0.320 e. The fraction of sp³-hybridized carbons (Fsp3) is 0.111. The monoisotopic (exact) mass is 178 g/mol. The van der Waals surface area contributed by atoms with Crippen LogP contribution < -0.4 is 10.6 Å². The lowest BCUT2D eigenvalue weighted by molar-refractivity contribution is 0.816.